The molecule has 134 valence electrons. The summed E-state index contributed by atoms with van der Waals surface area (Å²) < 4.78 is 5.63. The van der Waals surface area contributed by atoms with E-state index in [0.717, 1.165) is 25.3 Å². The van der Waals surface area contributed by atoms with Gasteiger partial charge in [-0.25, -0.2) is 0 Å². The normalized spacial score (nSPS) is 15.9. The van der Waals surface area contributed by atoms with Gasteiger partial charge in [0.15, 0.2) is 0 Å². The highest BCUT2D eigenvalue weighted by molar-refractivity contribution is 7.10. The van der Waals surface area contributed by atoms with Crippen molar-refractivity contribution >= 4 is 17.2 Å². The van der Waals surface area contributed by atoms with Gasteiger partial charge >= 0.3 is 0 Å². The molecule has 0 aliphatic carbocycles. The zero-order valence-corrected chi connectivity index (χ0v) is 15.6. The van der Waals surface area contributed by atoms with Gasteiger partial charge in [0.05, 0.1) is 12.6 Å². The molecule has 0 radical (unpaired) electrons. The smallest absolute Gasteiger partial charge is 0.251 e. The highest BCUT2D eigenvalue weighted by atomic mass is 32.1. The van der Waals surface area contributed by atoms with Gasteiger partial charge in [-0.05, 0) is 62.0 Å². The SMILES string of the molecule is CCCOc1cccc(C(=O)NC[C@H](c2cccs2)N2CCCC2)c1. The van der Waals surface area contributed by atoms with Crippen molar-refractivity contribution in [2.24, 2.45) is 0 Å². The lowest BCUT2D eigenvalue weighted by molar-refractivity contribution is 0.0938. The summed E-state index contributed by atoms with van der Waals surface area (Å²) in [5, 5.41) is 5.22. The summed E-state index contributed by atoms with van der Waals surface area (Å²) in [7, 11) is 0. The summed E-state index contributed by atoms with van der Waals surface area (Å²) in [6, 6.07) is 11.9. The number of carbonyl (C=O) groups is 1. The minimum Gasteiger partial charge on any atom is -0.494 e. The number of nitrogens with one attached hydrogen (secondary N) is 1. The lowest BCUT2D eigenvalue weighted by Crippen LogP contribution is -2.36. The highest BCUT2D eigenvalue weighted by Crippen LogP contribution is 2.28. The first-order chi connectivity index (χ1) is 12.3. The van der Waals surface area contributed by atoms with E-state index in [9.17, 15) is 4.79 Å². The fourth-order valence-electron chi connectivity index (χ4n) is 3.18. The Bertz CT molecular complexity index is 666. The van der Waals surface area contributed by atoms with Crippen molar-refractivity contribution in [2.45, 2.75) is 32.2 Å². The molecule has 1 amide bonds. The summed E-state index contributed by atoms with van der Waals surface area (Å²) >= 11 is 1.76. The molecule has 2 heterocycles. The topological polar surface area (TPSA) is 41.6 Å². The molecule has 0 bridgehead atoms. The van der Waals surface area contributed by atoms with Crippen LogP contribution in [-0.4, -0.2) is 37.0 Å². The molecular formula is C20H26N2O2S. The minimum absolute atomic E-state index is 0.0392. The molecule has 1 aliphatic heterocycles. The van der Waals surface area contributed by atoms with Crippen LogP contribution < -0.4 is 10.1 Å². The molecule has 1 saturated heterocycles. The van der Waals surface area contributed by atoms with E-state index < -0.39 is 0 Å². The molecule has 1 aliphatic rings. The van der Waals surface area contributed by atoms with E-state index in [2.05, 4.69) is 34.7 Å². The summed E-state index contributed by atoms with van der Waals surface area (Å²) in [4.78, 5) is 16.4. The van der Waals surface area contributed by atoms with Gasteiger partial charge in [0.2, 0.25) is 0 Å². The molecule has 0 saturated carbocycles. The Labute approximate surface area is 153 Å². The minimum atomic E-state index is -0.0392. The molecule has 1 aromatic carbocycles. The summed E-state index contributed by atoms with van der Waals surface area (Å²) in [5.74, 6) is 0.714. The van der Waals surface area contributed by atoms with Gasteiger partial charge < -0.3 is 10.1 Å². The van der Waals surface area contributed by atoms with Crippen molar-refractivity contribution in [1.82, 2.24) is 10.2 Å². The van der Waals surface area contributed by atoms with Gasteiger partial charge in [0.25, 0.3) is 5.91 Å². The van der Waals surface area contributed by atoms with Gasteiger partial charge in [0.1, 0.15) is 5.75 Å². The number of amides is 1. The maximum Gasteiger partial charge on any atom is 0.251 e. The lowest BCUT2D eigenvalue weighted by Gasteiger charge is -2.27. The number of hydrogen-bond acceptors (Lipinski definition) is 4. The summed E-state index contributed by atoms with van der Waals surface area (Å²) in [6.07, 6.45) is 3.44. The number of ether oxygens (including phenoxy) is 1. The maximum atomic E-state index is 12.6. The van der Waals surface area contributed by atoms with Crippen LogP contribution in [0.1, 0.15) is 47.5 Å². The Kier molecular flexibility index (Phi) is 6.48. The molecule has 1 fully saturated rings. The van der Waals surface area contributed by atoms with E-state index >= 15 is 0 Å². The van der Waals surface area contributed by atoms with Gasteiger partial charge in [-0.3, -0.25) is 9.69 Å². The standard InChI is InChI=1S/C20H26N2O2S/c1-2-12-24-17-8-5-7-16(14-17)20(23)21-15-18(19-9-6-13-25-19)22-10-3-4-11-22/h5-9,13-14,18H,2-4,10-12,15H2,1H3,(H,21,23)/t18-/m1/s1. The molecule has 1 atom stereocenters. The fourth-order valence-corrected chi connectivity index (χ4v) is 4.04. The van der Waals surface area contributed by atoms with Crippen LogP contribution in [0.2, 0.25) is 0 Å². The van der Waals surface area contributed by atoms with Gasteiger partial charge in [-0.2, -0.15) is 0 Å². The molecule has 0 unspecified atom stereocenters. The van der Waals surface area contributed by atoms with E-state index in [-0.39, 0.29) is 11.9 Å². The molecule has 0 spiro atoms. The van der Waals surface area contributed by atoms with Crippen LogP contribution in [0.15, 0.2) is 41.8 Å². The Morgan fingerprint density at radius 3 is 2.84 bits per heavy atom. The van der Waals surface area contributed by atoms with Crippen molar-refractivity contribution in [3.05, 3.63) is 52.2 Å². The van der Waals surface area contributed by atoms with E-state index in [1.165, 1.54) is 17.7 Å². The van der Waals surface area contributed by atoms with Crippen LogP contribution in [0.25, 0.3) is 0 Å². The molecule has 1 aromatic heterocycles. The average molecular weight is 359 g/mol. The quantitative estimate of drug-likeness (QED) is 0.772. The predicted molar refractivity (Wildman–Crippen MR) is 102 cm³/mol. The number of rotatable bonds is 8. The predicted octanol–water partition coefficient (Wildman–Crippen LogP) is 4.10. The van der Waals surface area contributed by atoms with Crippen LogP contribution in [0, 0.1) is 0 Å². The number of nitrogens with zero attached hydrogens (tertiary/aromatic N) is 1. The van der Waals surface area contributed by atoms with E-state index in [1.807, 2.05) is 24.3 Å². The third kappa shape index (κ3) is 4.83. The summed E-state index contributed by atoms with van der Waals surface area (Å²) in [6.45, 7) is 5.59. The maximum absolute atomic E-state index is 12.6. The van der Waals surface area contributed by atoms with Gasteiger partial charge in [0, 0.05) is 17.0 Å². The summed E-state index contributed by atoms with van der Waals surface area (Å²) in [5.41, 5.74) is 0.653. The second kappa shape index (κ2) is 9.02. The second-order valence-electron chi connectivity index (χ2n) is 6.36. The van der Waals surface area contributed by atoms with E-state index in [4.69, 9.17) is 4.74 Å². The fraction of sp³-hybridized carbons (Fsp3) is 0.450. The van der Waals surface area contributed by atoms with Crippen molar-refractivity contribution in [3.63, 3.8) is 0 Å². The van der Waals surface area contributed by atoms with Gasteiger partial charge in [-0.1, -0.05) is 19.1 Å². The van der Waals surface area contributed by atoms with E-state index in [1.54, 1.807) is 11.3 Å². The van der Waals surface area contributed by atoms with Crippen LogP contribution in [0.3, 0.4) is 0 Å². The van der Waals surface area contributed by atoms with Crippen LogP contribution in [0.4, 0.5) is 0 Å². The number of hydrogen-bond donors (Lipinski definition) is 1. The molecule has 2 aromatic rings. The number of benzene rings is 1. The van der Waals surface area contributed by atoms with Crippen molar-refractivity contribution in [1.29, 1.82) is 0 Å². The Morgan fingerprint density at radius 2 is 2.12 bits per heavy atom. The zero-order valence-electron chi connectivity index (χ0n) is 14.7. The Balaban J connectivity index is 1.63. The van der Waals surface area contributed by atoms with Crippen LogP contribution in [0.5, 0.6) is 5.75 Å². The third-order valence-corrected chi connectivity index (χ3v) is 5.45. The zero-order chi connectivity index (χ0) is 17.5. The lowest BCUT2D eigenvalue weighted by atomic mass is 10.1. The third-order valence-electron chi connectivity index (χ3n) is 4.48. The van der Waals surface area contributed by atoms with Crippen molar-refractivity contribution in [2.75, 3.05) is 26.2 Å². The van der Waals surface area contributed by atoms with Gasteiger partial charge in [-0.15, -0.1) is 11.3 Å². The van der Waals surface area contributed by atoms with Crippen LogP contribution >= 0.6 is 11.3 Å². The monoisotopic (exact) mass is 358 g/mol. The number of likely N-dealkylation sites (tertiary alicyclic amines) is 1. The van der Waals surface area contributed by atoms with E-state index in [0.29, 0.717) is 18.7 Å². The largest absolute Gasteiger partial charge is 0.494 e. The molecule has 5 heteroatoms. The number of carbonyl (C=O) groups excluding carboxylic acids is 1. The molecule has 4 nitrogen and oxygen atoms in total. The van der Waals surface area contributed by atoms with Crippen LogP contribution in [-0.2, 0) is 0 Å². The highest BCUT2D eigenvalue weighted by Gasteiger charge is 2.24. The molecule has 3 rings (SSSR count). The Hall–Kier alpha value is -1.85. The molecule has 1 N–H and O–H groups in total. The second-order valence-corrected chi connectivity index (χ2v) is 7.34. The molecular weight excluding hydrogens is 332 g/mol. The molecule has 25 heavy (non-hydrogen) atoms. The first kappa shape index (κ1) is 18.0. The van der Waals surface area contributed by atoms with Crippen molar-refractivity contribution in [3.8, 4) is 5.75 Å². The number of thiophene rings is 1. The first-order valence-electron chi connectivity index (χ1n) is 9.06. The average Bonchev–Trinajstić information content (AvgIpc) is 3.34. The first-order valence-corrected chi connectivity index (χ1v) is 9.94. The Morgan fingerprint density at radius 1 is 1.28 bits per heavy atom. The van der Waals surface area contributed by atoms with Crippen molar-refractivity contribution < 1.29 is 9.53 Å².